The SMILES string of the molecule is CC(C)O/C(=C/C#CS(=O)(=O)c1ccccc1)C(C)(C)C. The van der Waals surface area contributed by atoms with Crippen molar-refractivity contribution >= 4 is 9.84 Å². The maximum Gasteiger partial charge on any atom is 0.245 e. The van der Waals surface area contributed by atoms with Gasteiger partial charge in [-0.15, -0.1) is 0 Å². The van der Waals surface area contributed by atoms with E-state index in [-0.39, 0.29) is 16.4 Å². The lowest BCUT2D eigenvalue weighted by molar-refractivity contribution is 0.101. The molecule has 0 aliphatic rings. The number of hydrogen-bond acceptors (Lipinski definition) is 3. The maximum atomic E-state index is 12.0. The van der Waals surface area contributed by atoms with Crippen LogP contribution in [0.2, 0.25) is 0 Å². The van der Waals surface area contributed by atoms with E-state index < -0.39 is 9.84 Å². The summed E-state index contributed by atoms with van der Waals surface area (Å²) in [5.41, 5.74) is -0.227. The van der Waals surface area contributed by atoms with E-state index in [0.717, 1.165) is 0 Å². The molecular formula is C17H22O3S. The van der Waals surface area contributed by atoms with E-state index in [1.165, 1.54) is 12.1 Å². The minimum Gasteiger partial charge on any atom is -0.494 e. The predicted molar refractivity (Wildman–Crippen MR) is 85.2 cm³/mol. The highest BCUT2D eigenvalue weighted by molar-refractivity contribution is 7.96. The summed E-state index contributed by atoms with van der Waals surface area (Å²) < 4.78 is 29.8. The number of benzene rings is 1. The lowest BCUT2D eigenvalue weighted by Crippen LogP contribution is -2.16. The molecule has 0 radical (unpaired) electrons. The predicted octanol–water partition coefficient (Wildman–Crippen LogP) is 3.78. The van der Waals surface area contributed by atoms with Gasteiger partial charge in [0.05, 0.1) is 11.0 Å². The Balaban J connectivity index is 3.07. The number of ether oxygens (including phenoxy) is 1. The van der Waals surface area contributed by atoms with E-state index in [9.17, 15) is 8.42 Å². The Hall–Kier alpha value is -1.73. The van der Waals surface area contributed by atoms with E-state index in [1.54, 1.807) is 24.3 Å². The highest BCUT2D eigenvalue weighted by atomic mass is 32.2. The average molecular weight is 306 g/mol. The summed E-state index contributed by atoms with van der Waals surface area (Å²) in [6.07, 6.45) is 1.56. The number of sulfone groups is 1. The monoisotopic (exact) mass is 306 g/mol. The van der Waals surface area contributed by atoms with Gasteiger partial charge in [0.2, 0.25) is 9.84 Å². The summed E-state index contributed by atoms with van der Waals surface area (Å²) in [7, 11) is -3.59. The van der Waals surface area contributed by atoms with Crippen molar-refractivity contribution < 1.29 is 13.2 Å². The van der Waals surface area contributed by atoms with E-state index >= 15 is 0 Å². The third-order valence-electron chi connectivity index (χ3n) is 2.55. The Labute approximate surface area is 127 Å². The summed E-state index contributed by atoms with van der Waals surface area (Å²) in [6, 6.07) is 8.17. The number of rotatable bonds is 3. The van der Waals surface area contributed by atoms with E-state index in [1.807, 2.05) is 34.6 Å². The van der Waals surface area contributed by atoms with Crippen LogP contribution in [0.5, 0.6) is 0 Å². The smallest absolute Gasteiger partial charge is 0.245 e. The Morgan fingerprint density at radius 1 is 1.19 bits per heavy atom. The van der Waals surface area contributed by atoms with Gasteiger partial charge in [0.25, 0.3) is 0 Å². The number of allylic oxidation sites excluding steroid dienone is 2. The van der Waals surface area contributed by atoms with Crippen molar-refractivity contribution in [3.8, 4) is 11.2 Å². The van der Waals surface area contributed by atoms with Gasteiger partial charge < -0.3 is 4.74 Å². The molecule has 0 spiro atoms. The van der Waals surface area contributed by atoms with Crippen molar-refractivity contribution in [3.05, 3.63) is 42.2 Å². The Morgan fingerprint density at radius 2 is 1.76 bits per heavy atom. The van der Waals surface area contributed by atoms with Crippen LogP contribution in [0.15, 0.2) is 47.1 Å². The van der Waals surface area contributed by atoms with Crippen molar-refractivity contribution in [2.24, 2.45) is 5.41 Å². The summed E-state index contributed by atoms with van der Waals surface area (Å²) in [5.74, 6) is 3.29. The summed E-state index contributed by atoms with van der Waals surface area (Å²) in [6.45, 7) is 9.83. The normalized spacial score (nSPS) is 12.8. The zero-order chi connectivity index (χ0) is 16.1. The van der Waals surface area contributed by atoms with Gasteiger partial charge in [-0.1, -0.05) is 44.9 Å². The highest BCUT2D eigenvalue weighted by Crippen LogP contribution is 2.26. The Kier molecular flexibility index (Phi) is 5.62. The molecule has 0 saturated carbocycles. The summed E-state index contributed by atoms with van der Waals surface area (Å²) in [4.78, 5) is 0.202. The molecule has 21 heavy (non-hydrogen) atoms. The molecule has 0 atom stereocenters. The highest BCUT2D eigenvalue weighted by Gasteiger charge is 2.19. The lowest BCUT2D eigenvalue weighted by Gasteiger charge is -2.24. The zero-order valence-corrected chi connectivity index (χ0v) is 14.0. The van der Waals surface area contributed by atoms with E-state index in [2.05, 4.69) is 11.2 Å². The van der Waals surface area contributed by atoms with E-state index in [0.29, 0.717) is 5.76 Å². The molecule has 0 aromatic heterocycles. The maximum absolute atomic E-state index is 12.0. The Bertz CT molecular complexity index is 651. The molecule has 0 fully saturated rings. The van der Waals surface area contributed by atoms with Crippen LogP contribution < -0.4 is 0 Å². The molecule has 0 saturated heterocycles. The molecule has 1 aromatic rings. The van der Waals surface area contributed by atoms with Gasteiger partial charge in [0.15, 0.2) is 0 Å². The molecule has 0 aliphatic heterocycles. The minimum absolute atomic E-state index is 0.0167. The first-order valence-corrected chi connectivity index (χ1v) is 8.31. The van der Waals surface area contributed by atoms with Crippen molar-refractivity contribution in [2.75, 3.05) is 0 Å². The number of hydrogen-bond donors (Lipinski definition) is 0. The van der Waals surface area contributed by atoms with Crippen LogP contribution in [0, 0.1) is 16.6 Å². The summed E-state index contributed by atoms with van der Waals surface area (Å²) in [5, 5.41) is 2.32. The van der Waals surface area contributed by atoms with Gasteiger partial charge in [0, 0.05) is 16.7 Å². The molecule has 3 nitrogen and oxygen atoms in total. The van der Waals surface area contributed by atoms with Crippen molar-refractivity contribution in [2.45, 2.75) is 45.6 Å². The third kappa shape index (κ3) is 5.65. The summed E-state index contributed by atoms with van der Waals surface area (Å²) >= 11 is 0. The fraction of sp³-hybridized carbons (Fsp3) is 0.412. The molecule has 0 unspecified atom stereocenters. The molecule has 0 bridgehead atoms. The fourth-order valence-corrected chi connectivity index (χ4v) is 2.36. The largest absolute Gasteiger partial charge is 0.494 e. The van der Waals surface area contributed by atoms with Crippen molar-refractivity contribution in [1.82, 2.24) is 0 Å². The van der Waals surface area contributed by atoms with Crippen LogP contribution >= 0.6 is 0 Å². The van der Waals surface area contributed by atoms with Crippen molar-refractivity contribution in [1.29, 1.82) is 0 Å². The topological polar surface area (TPSA) is 43.4 Å². The lowest BCUT2D eigenvalue weighted by atomic mass is 9.93. The molecule has 1 rings (SSSR count). The first-order chi connectivity index (χ1) is 9.63. The second-order valence-electron chi connectivity index (χ2n) is 5.99. The van der Waals surface area contributed by atoms with Crippen LogP contribution in [-0.4, -0.2) is 14.5 Å². The molecule has 0 aliphatic carbocycles. The molecule has 114 valence electrons. The third-order valence-corrected chi connectivity index (χ3v) is 3.83. The van der Waals surface area contributed by atoms with Crippen LogP contribution in [0.1, 0.15) is 34.6 Å². The van der Waals surface area contributed by atoms with Gasteiger partial charge in [-0.05, 0) is 26.0 Å². The Morgan fingerprint density at radius 3 is 2.24 bits per heavy atom. The molecule has 0 amide bonds. The van der Waals surface area contributed by atoms with Gasteiger partial charge in [-0.2, -0.15) is 0 Å². The first-order valence-electron chi connectivity index (χ1n) is 6.82. The second-order valence-corrected chi connectivity index (χ2v) is 7.67. The van der Waals surface area contributed by atoms with Crippen molar-refractivity contribution in [3.63, 3.8) is 0 Å². The van der Waals surface area contributed by atoms with Gasteiger partial charge >= 0.3 is 0 Å². The van der Waals surface area contributed by atoms with Crippen LogP contribution in [0.4, 0.5) is 0 Å². The minimum atomic E-state index is -3.59. The molecule has 4 heteroatoms. The fourth-order valence-electron chi connectivity index (χ4n) is 1.51. The van der Waals surface area contributed by atoms with Crippen LogP contribution in [0.25, 0.3) is 0 Å². The quantitative estimate of drug-likeness (QED) is 0.485. The van der Waals surface area contributed by atoms with Gasteiger partial charge in [-0.3, -0.25) is 0 Å². The molecule has 0 N–H and O–H groups in total. The van der Waals surface area contributed by atoms with Crippen LogP contribution in [0.3, 0.4) is 0 Å². The average Bonchev–Trinajstić information content (AvgIpc) is 2.37. The standard InChI is InChI=1S/C17H22O3S/c1-14(2)20-16(17(3,4)5)12-9-13-21(18,19)15-10-7-6-8-11-15/h6-8,10-12,14H,1-5H3/b16-12+. The second kappa shape index (κ2) is 6.82. The van der Waals surface area contributed by atoms with Gasteiger partial charge in [-0.25, -0.2) is 8.42 Å². The zero-order valence-electron chi connectivity index (χ0n) is 13.2. The molecule has 0 heterocycles. The molecular weight excluding hydrogens is 284 g/mol. The first kappa shape index (κ1) is 17.3. The van der Waals surface area contributed by atoms with Gasteiger partial charge in [0.1, 0.15) is 5.76 Å². The molecule has 1 aromatic carbocycles. The van der Waals surface area contributed by atoms with E-state index in [4.69, 9.17) is 4.74 Å². The van der Waals surface area contributed by atoms with Crippen LogP contribution in [-0.2, 0) is 14.6 Å².